The van der Waals surface area contributed by atoms with Gasteiger partial charge in [0.05, 0.1) is 0 Å². The van der Waals surface area contributed by atoms with Gasteiger partial charge in [-0.3, -0.25) is 0 Å². The van der Waals surface area contributed by atoms with Crippen molar-refractivity contribution in [2.24, 2.45) is 5.73 Å². The number of halogens is 1. The molecule has 0 radical (unpaired) electrons. The van der Waals surface area contributed by atoms with E-state index in [1.165, 1.54) is 24.8 Å². The van der Waals surface area contributed by atoms with Crippen LogP contribution in [0, 0.1) is 0 Å². The monoisotopic (exact) mass is 236 g/mol. The molecule has 0 aliphatic carbocycles. The van der Waals surface area contributed by atoms with E-state index in [2.05, 4.69) is 17.4 Å². The Hall–Kier alpha value is -0.570. The molecule has 2 saturated heterocycles. The van der Waals surface area contributed by atoms with E-state index in [1.807, 2.05) is 12.1 Å². The average Bonchev–Trinajstić information content (AvgIpc) is 2.90. The Labute approximate surface area is 101 Å². The second-order valence-electron chi connectivity index (χ2n) is 5.06. The maximum absolute atomic E-state index is 6.05. The first-order valence-electron chi connectivity index (χ1n) is 5.97. The lowest BCUT2D eigenvalue weighted by atomic mass is 9.69. The van der Waals surface area contributed by atoms with E-state index < -0.39 is 0 Å². The Balaban J connectivity index is 1.99. The van der Waals surface area contributed by atoms with Gasteiger partial charge in [-0.1, -0.05) is 23.7 Å². The Morgan fingerprint density at radius 2 is 2.06 bits per heavy atom. The zero-order valence-corrected chi connectivity index (χ0v) is 10.0. The lowest BCUT2D eigenvalue weighted by molar-refractivity contribution is 0.340. The molecule has 3 N–H and O–H groups in total. The van der Waals surface area contributed by atoms with E-state index in [-0.39, 0.29) is 5.41 Å². The molecule has 3 rings (SSSR count). The first-order chi connectivity index (χ1) is 7.74. The van der Waals surface area contributed by atoms with Gasteiger partial charge < -0.3 is 11.1 Å². The number of nitrogens with one attached hydrogen (secondary N) is 1. The van der Waals surface area contributed by atoms with Crippen LogP contribution in [0.4, 0.5) is 0 Å². The van der Waals surface area contributed by atoms with Crippen LogP contribution in [0.3, 0.4) is 0 Å². The van der Waals surface area contributed by atoms with Crippen molar-refractivity contribution in [3.63, 3.8) is 0 Å². The highest BCUT2D eigenvalue weighted by Crippen LogP contribution is 2.44. The van der Waals surface area contributed by atoms with E-state index in [0.29, 0.717) is 12.1 Å². The van der Waals surface area contributed by atoms with Gasteiger partial charge in [-0.05, 0) is 37.0 Å². The summed E-state index contributed by atoms with van der Waals surface area (Å²) in [6.45, 7) is 0.725. The summed E-state index contributed by atoms with van der Waals surface area (Å²) in [6, 6.07) is 9.45. The normalized spacial score (nSPS) is 36.9. The molecule has 3 atom stereocenters. The first kappa shape index (κ1) is 10.6. The van der Waals surface area contributed by atoms with Crippen molar-refractivity contribution in [3.8, 4) is 0 Å². The van der Waals surface area contributed by atoms with Crippen LogP contribution in [0.1, 0.15) is 24.8 Å². The highest BCUT2D eigenvalue weighted by molar-refractivity contribution is 6.30. The Morgan fingerprint density at radius 3 is 2.56 bits per heavy atom. The molecule has 0 saturated carbocycles. The maximum atomic E-state index is 6.05. The van der Waals surface area contributed by atoms with E-state index in [9.17, 15) is 0 Å². The summed E-state index contributed by atoms with van der Waals surface area (Å²) < 4.78 is 0. The molecule has 1 aromatic carbocycles. The third kappa shape index (κ3) is 1.41. The summed E-state index contributed by atoms with van der Waals surface area (Å²) in [5, 5.41) is 4.47. The maximum Gasteiger partial charge on any atom is 0.0406 e. The van der Waals surface area contributed by atoms with Crippen LogP contribution in [0.5, 0.6) is 0 Å². The minimum Gasteiger partial charge on any atom is -0.330 e. The molecule has 0 aromatic heterocycles. The van der Waals surface area contributed by atoms with Crippen LogP contribution >= 0.6 is 11.6 Å². The van der Waals surface area contributed by atoms with Crippen LogP contribution < -0.4 is 11.1 Å². The number of hydrogen-bond acceptors (Lipinski definition) is 2. The lowest BCUT2D eigenvalue weighted by Crippen LogP contribution is -2.45. The third-order valence-corrected chi connectivity index (χ3v) is 4.55. The Kier molecular flexibility index (Phi) is 2.46. The van der Waals surface area contributed by atoms with Crippen molar-refractivity contribution >= 4 is 11.6 Å². The number of fused-ring (bicyclic) bond motifs is 2. The van der Waals surface area contributed by atoms with Crippen LogP contribution in [-0.2, 0) is 5.41 Å². The minimum absolute atomic E-state index is 0.146. The van der Waals surface area contributed by atoms with Crippen LogP contribution in [0.15, 0.2) is 24.3 Å². The second-order valence-corrected chi connectivity index (χ2v) is 5.50. The largest absolute Gasteiger partial charge is 0.330 e. The van der Waals surface area contributed by atoms with Crippen molar-refractivity contribution in [2.75, 3.05) is 6.54 Å². The fourth-order valence-electron chi connectivity index (χ4n) is 3.44. The summed E-state index contributed by atoms with van der Waals surface area (Å²) in [5.41, 5.74) is 7.55. The fourth-order valence-corrected chi connectivity index (χ4v) is 3.57. The quantitative estimate of drug-likeness (QED) is 0.825. The van der Waals surface area contributed by atoms with E-state index >= 15 is 0 Å². The molecule has 3 unspecified atom stereocenters. The molecule has 2 fully saturated rings. The number of nitrogens with two attached hydrogens (primary N) is 1. The third-order valence-electron chi connectivity index (χ3n) is 4.30. The smallest absolute Gasteiger partial charge is 0.0406 e. The standard InChI is InChI=1S/C13H17ClN2/c14-10-3-1-9(2-4-10)13(8-15)7-11-5-6-12(13)16-11/h1-4,11-12,16H,5-8,15H2. The highest BCUT2D eigenvalue weighted by atomic mass is 35.5. The minimum atomic E-state index is 0.146. The zero-order chi connectivity index (χ0) is 11.2. The van der Waals surface area contributed by atoms with Gasteiger partial charge in [-0.2, -0.15) is 0 Å². The van der Waals surface area contributed by atoms with E-state index in [1.54, 1.807) is 0 Å². The van der Waals surface area contributed by atoms with Gasteiger partial charge in [0, 0.05) is 29.1 Å². The fraction of sp³-hybridized carbons (Fsp3) is 0.538. The van der Waals surface area contributed by atoms with Gasteiger partial charge in [0.2, 0.25) is 0 Å². The molecule has 16 heavy (non-hydrogen) atoms. The van der Waals surface area contributed by atoms with Crippen molar-refractivity contribution in [2.45, 2.75) is 36.8 Å². The van der Waals surface area contributed by atoms with Crippen molar-refractivity contribution < 1.29 is 0 Å². The highest BCUT2D eigenvalue weighted by Gasteiger charge is 2.50. The van der Waals surface area contributed by atoms with Crippen LogP contribution in [0.2, 0.25) is 5.02 Å². The number of benzene rings is 1. The zero-order valence-electron chi connectivity index (χ0n) is 9.25. The Bertz CT molecular complexity index is 389. The average molecular weight is 237 g/mol. The summed E-state index contributed by atoms with van der Waals surface area (Å²) >= 11 is 5.94. The summed E-state index contributed by atoms with van der Waals surface area (Å²) in [7, 11) is 0. The summed E-state index contributed by atoms with van der Waals surface area (Å²) in [5.74, 6) is 0. The van der Waals surface area contributed by atoms with E-state index in [0.717, 1.165) is 11.6 Å². The molecule has 2 bridgehead atoms. The number of rotatable bonds is 2. The molecule has 2 heterocycles. The van der Waals surface area contributed by atoms with Crippen LogP contribution in [0.25, 0.3) is 0 Å². The predicted molar refractivity (Wildman–Crippen MR) is 66.7 cm³/mol. The van der Waals surface area contributed by atoms with Gasteiger partial charge in [0.15, 0.2) is 0 Å². The van der Waals surface area contributed by atoms with Crippen molar-refractivity contribution in [1.29, 1.82) is 0 Å². The molecular formula is C13H17ClN2. The molecular weight excluding hydrogens is 220 g/mol. The molecule has 0 spiro atoms. The molecule has 2 nitrogen and oxygen atoms in total. The van der Waals surface area contributed by atoms with Gasteiger partial charge in [-0.25, -0.2) is 0 Å². The van der Waals surface area contributed by atoms with Gasteiger partial charge in [0.25, 0.3) is 0 Å². The van der Waals surface area contributed by atoms with E-state index in [4.69, 9.17) is 17.3 Å². The molecule has 1 aromatic rings. The van der Waals surface area contributed by atoms with Crippen molar-refractivity contribution in [3.05, 3.63) is 34.9 Å². The van der Waals surface area contributed by atoms with Gasteiger partial charge >= 0.3 is 0 Å². The van der Waals surface area contributed by atoms with Crippen molar-refractivity contribution in [1.82, 2.24) is 5.32 Å². The Morgan fingerprint density at radius 1 is 1.31 bits per heavy atom. The molecule has 2 aliphatic rings. The van der Waals surface area contributed by atoms with Gasteiger partial charge in [-0.15, -0.1) is 0 Å². The topological polar surface area (TPSA) is 38.0 Å². The lowest BCUT2D eigenvalue weighted by Gasteiger charge is -2.36. The van der Waals surface area contributed by atoms with Gasteiger partial charge in [0.1, 0.15) is 0 Å². The molecule has 86 valence electrons. The first-order valence-corrected chi connectivity index (χ1v) is 6.34. The van der Waals surface area contributed by atoms with Crippen LogP contribution in [-0.4, -0.2) is 18.6 Å². The molecule has 2 aliphatic heterocycles. The second kappa shape index (κ2) is 3.73. The predicted octanol–water partition coefficient (Wildman–Crippen LogP) is 2.06. The molecule has 0 amide bonds. The summed E-state index contributed by atoms with van der Waals surface area (Å²) in [6.07, 6.45) is 3.74. The SMILES string of the molecule is NCC1(c2ccc(Cl)cc2)CC2CCC1N2. The number of hydrogen-bond donors (Lipinski definition) is 2. The summed E-state index contributed by atoms with van der Waals surface area (Å²) in [4.78, 5) is 0. The molecule has 3 heteroatoms.